The summed E-state index contributed by atoms with van der Waals surface area (Å²) in [5, 5.41) is 4.94. The van der Waals surface area contributed by atoms with Gasteiger partial charge in [-0.2, -0.15) is 26.3 Å². The summed E-state index contributed by atoms with van der Waals surface area (Å²) < 4.78 is 80.9. The van der Waals surface area contributed by atoms with E-state index < -0.39 is 41.0 Å². The Hall–Kier alpha value is -3.58. The second-order valence-electron chi connectivity index (χ2n) is 10.0. The highest BCUT2D eigenvalue weighted by Crippen LogP contribution is 2.37. The number of nitrogens with zero attached hydrogens (tertiary/aromatic N) is 3. The highest BCUT2D eigenvalue weighted by molar-refractivity contribution is 5.95. The molecule has 1 aromatic heterocycles. The minimum Gasteiger partial charge on any atom is -0.395 e. The number of halogens is 6. The van der Waals surface area contributed by atoms with Crippen molar-refractivity contribution in [2.75, 3.05) is 39.3 Å². The van der Waals surface area contributed by atoms with Crippen LogP contribution >= 0.6 is 0 Å². The Morgan fingerprint density at radius 2 is 1.76 bits per heavy atom. The summed E-state index contributed by atoms with van der Waals surface area (Å²) in [7, 11) is 0. The molecule has 1 amide bonds. The lowest BCUT2D eigenvalue weighted by Gasteiger charge is -2.42. The third kappa shape index (κ3) is 7.59. The van der Waals surface area contributed by atoms with E-state index in [0.717, 1.165) is 22.2 Å². The molecule has 0 radical (unpaired) electrons. The van der Waals surface area contributed by atoms with Gasteiger partial charge >= 0.3 is 12.4 Å². The lowest BCUT2D eigenvalue weighted by Crippen LogP contribution is -2.56. The van der Waals surface area contributed by atoms with E-state index in [1.54, 1.807) is 0 Å². The number of carbonyl (C=O) groups is 1. The topological polar surface area (TPSA) is 87.0 Å². The molecule has 4 rings (SSSR count). The summed E-state index contributed by atoms with van der Waals surface area (Å²) >= 11 is 0. The van der Waals surface area contributed by atoms with Gasteiger partial charge in [0.2, 0.25) is 0 Å². The number of amides is 1. The number of rotatable bonds is 9. The standard InChI is InChI=1S/C28H31F6N5O2/c1-18(37-41-11-7-35)6-8-38-9-10-39(23(17-38)14-20-16-36-25-5-3-2-4-24(20)25)26(40)19-12-21(27(29,30)31)15-22(13-19)28(32,33)34/h2-5,12-13,15-16,23,36H,6-11,14,17,35H2,1H3/b37-18+/t23-/m1/s1. The van der Waals surface area contributed by atoms with Crippen LogP contribution in [0.4, 0.5) is 26.3 Å². The van der Waals surface area contributed by atoms with Crippen LogP contribution < -0.4 is 5.73 Å². The quantitative estimate of drug-likeness (QED) is 0.155. The van der Waals surface area contributed by atoms with Crippen LogP contribution in [-0.4, -0.2) is 71.8 Å². The number of carbonyl (C=O) groups excluding carboxylic acids is 1. The molecule has 3 aromatic rings. The lowest BCUT2D eigenvalue weighted by molar-refractivity contribution is -0.143. The maximum Gasteiger partial charge on any atom is 0.416 e. The Labute approximate surface area is 232 Å². The van der Waals surface area contributed by atoms with Crippen LogP contribution in [0.5, 0.6) is 0 Å². The molecule has 222 valence electrons. The first-order chi connectivity index (χ1) is 19.4. The fraction of sp³-hybridized carbons (Fsp3) is 0.429. The molecule has 0 spiro atoms. The molecule has 1 aliphatic heterocycles. The van der Waals surface area contributed by atoms with Gasteiger partial charge in [-0.3, -0.25) is 9.69 Å². The number of para-hydroxylation sites is 1. The fourth-order valence-electron chi connectivity index (χ4n) is 4.94. The molecule has 2 aromatic carbocycles. The highest BCUT2D eigenvalue weighted by atomic mass is 19.4. The van der Waals surface area contributed by atoms with Crippen molar-refractivity contribution in [2.24, 2.45) is 10.9 Å². The maximum absolute atomic E-state index is 13.6. The number of oxime groups is 1. The molecule has 13 heteroatoms. The minimum absolute atomic E-state index is 0.0271. The summed E-state index contributed by atoms with van der Waals surface area (Å²) in [6.45, 7) is 3.89. The first kappa shape index (κ1) is 30.4. The lowest BCUT2D eigenvalue weighted by atomic mass is 9.98. The van der Waals surface area contributed by atoms with Crippen molar-refractivity contribution in [2.45, 2.75) is 38.2 Å². The number of alkyl halides is 6. The van der Waals surface area contributed by atoms with Crippen molar-refractivity contribution < 1.29 is 36.0 Å². The van der Waals surface area contributed by atoms with Crippen molar-refractivity contribution in [1.29, 1.82) is 0 Å². The summed E-state index contributed by atoms with van der Waals surface area (Å²) in [6, 6.07) is 8.05. The SMILES string of the molecule is C/C(CCN1CCN(C(=O)c2cc(C(F)(F)F)cc(C(F)(F)F)c2)[C@H](Cc2c[nH]c3ccccc23)C1)=N\OCCN. The van der Waals surface area contributed by atoms with E-state index in [4.69, 9.17) is 10.6 Å². The number of hydrogen-bond acceptors (Lipinski definition) is 5. The van der Waals surface area contributed by atoms with Gasteiger partial charge in [0.1, 0.15) is 6.61 Å². The zero-order valence-electron chi connectivity index (χ0n) is 22.4. The second kappa shape index (κ2) is 12.5. The van der Waals surface area contributed by atoms with E-state index in [0.29, 0.717) is 51.2 Å². The number of benzene rings is 2. The third-order valence-electron chi connectivity index (χ3n) is 7.01. The Balaban J connectivity index is 1.62. The molecule has 0 aliphatic carbocycles. The Morgan fingerprint density at radius 1 is 1.07 bits per heavy atom. The van der Waals surface area contributed by atoms with Crippen LogP contribution in [0.2, 0.25) is 0 Å². The zero-order valence-corrected chi connectivity index (χ0v) is 22.4. The molecule has 1 fully saturated rings. The third-order valence-corrected chi connectivity index (χ3v) is 7.01. The molecule has 1 atom stereocenters. The number of hydrogen-bond donors (Lipinski definition) is 2. The summed E-state index contributed by atoms with van der Waals surface area (Å²) in [6.07, 6.45) is -7.37. The molecule has 3 N–H and O–H groups in total. The van der Waals surface area contributed by atoms with Crippen LogP contribution in [0.25, 0.3) is 10.9 Å². The van der Waals surface area contributed by atoms with Gasteiger partial charge in [-0.25, -0.2) is 0 Å². The average molecular weight is 584 g/mol. The van der Waals surface area contributed by atoms with Gasteiger partial charge in [-0.05, 0) is 43.2 Å². The Kier molecular flexibility index (Phi) is 9.27. The van der Waals surface area contributed by atoms with Gasteiger partial charge in [0, 0.05) is 67.8 Å². The van der Waals surface area contributed by atoms with Crippen LogP contribution in [-0.2, 0) is 23.6 Å². The summed E-state index contributed by atoms with van der Waals surface area (Å²) in [5.74, 6) is -0.876. The first-order valence-electron chi connectivity index (χ1n) is 13.1. The van der Waals surface area contributed by atoms with E-state index in [-0.39, 0.29) is 19.2 Å². The van der Waals surface area contributed by atoms with E-state index in [9.17, 15) is 31.1 Å². The predicted octanol–water partition coefficient (Wildman–Crippen LogP) is 5.32. The van der Waals surface area contributed by atoms with Gasteiger partial charge in [0.05, 0.1) is 16.8 Å². The van der Waals surface area contributed by atoms with Gasteiger partial charge < -0.3 is 20.5 Å². The molecular weight excluding hydrogens is 552 g/mol. The first-order valence-corrected chi connectivity index (χ1v) is 13.1. The van der Waals surface area contributed by atoms with Crippen LogP contribution in [0.1, 0.15) is 40.4 Å². The normalized spacial score (nSPS) is 17.3. The van der Waals surface area contributed by atoms with Crippen LogP contribution in [0, 0.1) is 0 Å². The molecule has 1 saturated heterocycles. The van der Waals surface area contributed by atoms with E-state index in [2.05, 4.69) is 15.0 Å². The van der Waals surface area contributed by atoms with E-state index >= 15 is 0 Å². The van der Waals surface area contributed by atoms with Gasteiger partial charge in [-0.1, -0.05) is 23.4 Å². The number of piperazine rings is 1. The molecule has 0 bridgehead atoms. The number of nitrogens with one attached hydrogen (secondary N) is 1. The zero-order chi connectivity index (χ0) is 29.8. The molecule has 7 nitrogen and oxygen atoms in total. The van der Waals surface area contributed by atoms with Crippen molar-refractivity contribution in [3.8, 4) is 0 Å². The maximum atomic E-state index is 13.6. The number of H-pyrrole nitrogens is 1. The molecule has 2 heterocycles. The van der Waals surface area contributed by atoms with Crippen LogP contribution in [0.15, 0.2) is 53.8 Å². The monoisotopic (exact) mass is 583 g/mol. The molecule has 1 aliphatic rings. The molecule has 0 unspecified atom stereocenters. The van der Waals surface area contributed by atoms with Crippen molar-refractivity contribution in [1.82, 2.24) is 14.8 Å². The highest BCUT2D eigenvalue weighted by Gasteiger charge is 2.39. The molecule has 41 heavy (non-hydrogen) atoms. The Bertz CT molecular complexity index is 1350. The number of nitrogens with two attached hydrogens (primary N) is 1. The van der Waals surface area contributed by atoms with Crippen LogP contribution in [0.3, 0.4) is 0 Å². The Morgan fingerprint density at radius 3 is 2.41 bits per heavy atom. The van der Waals surface area contributed by atoms with E-state index in [1.807, 2.05) is 37.4 Å². The smallest absolute Gasteiger partial charge is 0.395 e. The van der Waals surface area contributed by atoms with Gasteiger partial charge in [0.25, 0.3) is 5.91 Å². The average Bonchev–Trinajstić information content (AvgIpc) is 3.33. The minimum atomic E-state index is -5.05. The fourth-order valence-corrected chi connectivity index (χ4v) is 4.94. The number of fused-ring (bicyclic) bond motifs is 1. The van der Waals surface area contributed by atoms with E-state index in [1.165, 1.54) is 4.90 Å². The second-order valence-corrected chi connectivity index (χ2v) is 10.0. The van der Waals surface area contributed by atoms with Crippen molar-refractivity contribution >= 4 is 22.5 Å². The largest absolute Gasteiger partial charge is 0.416 e. The number of aromatic nitrogens is 1. The summed E-state index contributed by atoms with van der Waals surface area (Å²) in [4.78, 5) is 25.4. The number of aromatic amines is 1. The van der Waals surface area contributed by atoms with Gasteiger partial charge in [0.15, 0.2) is 0 Å². The predicted molar refractivity (Wildman–Crippen MR) is 142 cm³/mol. The summed E-state index contributed by atoms with van der Waals surface area (Å²) in [5.41, 5.74) is 4.22. The van der Waals surface area contributed by atoms with Gasteiger partial charge in [-0.15, -0.1) is 0 Å². The van der Waals surface area contributed by atoms with Crippen molar-refractivity contribution in [3.05, 3.63) is 70.9 Å². The molecular formula is C28H31F6N5O2. The van der Waals surface area contributed by atoms with Crippen molar-refractivity contribution in [3.63, 3.8) is 0 Å². The molecule has 0 saturated carbocycles.